The predicted molar refractivity (Wildman–Crippen MR) is 81.9 cm³/mol. The van der Waals surface area contributed by atoms with Gasteiger partial charge in [0.1, 0.15) is 5.82 Å². The summed E-state index contributed by atoms with van der Waals surface area (Å²) in [5.74, 6) is -0.289. The number of rotatable bonds is 3. The van der Waals surface area contributed by atoms with Crippen LogP contribution in [0, 0.1) is 9.39 Å². The highest BCUT2D eigenvalue weighted by molar-refractivity contribution is 14.1. The molecule has 0 aliphatic heterocycles. The normalized spacial score (nSPS) is 12.4. The van der Waals surface area contributed by atoms with E-state index in [-0.39, 0.29) is 5.82 Å². The first-order valence-electron chi connectivity index (χ1n) is 5.44. The second-order valence-corrected chi connectivity index (χ2v) is 5.99. The van der Waals surface area contributed by atoms with Crippen molar-refractivity contribution in [2.45, 2.75) is 12.5 Å². The quantitative estimate of drug-likeness (QED) is 0.726. The van der Waals surface area contributed by atoms with E-state index in [0.717, 1.165) is 19.2 Å². The molecule has 2 aromatic rings. The van der Waals surface area contributed by atoms with Gasteiger partial charge in [-0.2, -0.15) is 0 Å². The lowest BCUT2D eigenvalue weighted by Crippen LogP contribution is -2.04. The molecular formula is C14H11BrFIO. The summed E-state index contributed by atoms with van der Waals surface area (Å²) < 4.78 is 15.0. The van der Waals surface area contributed by atoms with Crippen molar-refractivity contribution < 1.29 is 9.50 Å². The summed E-state index contributed by atoms with van der Waals surface area (Å²) in [7, 11) is 0. The molecule has 94 valence electrons. The molecule has 0 heterocycles. The molecule has 0 saturated heterocycles. The Morgan fingerprint density at radius 1 is 1.22 bits per heavy atom. The average molecular weight is 421 g/mol. The molecular weight excluding hydrogens is 410 g/mol. The maximum Gasteiger partial charge on any atom is 0.123 e. The number of benzene rings is 2. The summed E-state index contributed by atoms with van der Waals surface area (Å²) >= 11 is 5.56. The summed E-state index contributed by atoms with van der Waals surface area (Å²) in [6.45, 7) is 0. The highest BCUT2D eigenvalue weighted by Gasteiger charge is 2.13. The van der Waals surface area contributed by atoms with Crippen LogP contribution in [0.2, 0.25) is 0 Å². The molecule has 1 N–H and O–H groups in total. The van der Waals surface area contributed by atoms with Crippen LogP contribution in [-0.4, -0.2) is 5.11 Å². The van der Waals surface area contributed by atoms with Crippen LogP contribution in [-0.2, 0) is 6.42 Å². The van der Waals surface area contributed by atoms with Gasteiger partial charge in [0.25, 0.3) is 0 Å². The SMILES string of the molecule is OC(Cc1cc(F)ccc1Br)c1ccccc1I. The zero-order valence-electron chi connectivity index (χ0n) is 9.41. The Morgan fingerprint density at radius 3 is 2.67 bits per heavy atom. The Bertz CT molecular complexity index is 559. The summed E-state index contributed by atoms with van der Waals surface area (Å²) in [5, 5.41) is 10.2. The summed E-state index contributed by atoms with van der Waals surface area (Å²) in [6, 6.07) is 12.2. The first-order valence-corrected chi connectivity index (χ1v) is 7.31. The zero-order valence-corrected chi connectivity index (χ0v) is 13.2. The molecule has 0 bridgehead atoms. The molecule has 0 amide bonds. The molecule has 18 heavy (non-hydrogen) atoms. The minimum atomic E-state index is -0.629. The van der Waals surface area contributed by atoms with Crippen molar-refractivity contribution in [3.8, 4) is 0 Å². The molecule has 4 heteroatoms. The van der Waals surface area contributed by atoms with Crippen molar-refractivity contribution in [1.82, 2.24) is 0 Å². The lowest BCUT2D eigenvalue weighted by Gasteiger charge is -2.14. The van der Waals surface area contributed by atoms with Gasteiger partial charge in [-0.05, 0) is 58.0 Å². The third-order valence-corrected chi connectivity index (χ3v) is 4.44. The zero-order chi connectivity index (χ0) is 13.1. The van der Waals surface area contributed by atoms with E-state index in [4.69, 9.17) is 0 Å². The van der Waals surface area contributed by atoms with Crippen molar-refractivity contribution in [2.75, 3.05) is 0 Å². The molecule has 0 aliphatic carbocycles. The number of hydrogen-bond acceptors (Lipinski definition) is 1. The first kappa shape index (κ1) is 14.0. The summed E-state index contributed by atoms with van der Waals surface area (Å²) in [6.07, 6.45) is -0.241. The Balaban J connectivity index is 2.24. The number of hydrogen-bond donors (Lipinski definition) is 1. The highest BCUT2D eigenvalue weighted by atomic mass is 127. The Hall–Kier alpha value is -0.460. The van der Waals surface area contributed by atoms with Crippen LogP contribution in [0.4, 0.5) is 4.39 Å². The van der Waals surface area contributed by atoms with E-state index in [1.54, 1.807) is 6.07 Å². The summed E-state index contributed by atoms with van der Waals surface area (Å²) in [4.78, 5) is 0. The predicted octanol–water partition coefficient (Wildman–Crippen LogP) is 4.47. The van der Waals surface area contributed by atoms with Gasteiger partial charge in [-0.3, -0.25) is 0 Å². The molecule has 0 fully saturated rings. The monoisotopic (exact) mass is 420 g/mol. The number of halogens is 3. The molecule has 0 spiro atoms. The molecule has 0 saturated carbocycles. The Labute approximate surface area is 127 Å². The van der Waals surface area contributed by atoms with Crippen LogP contribution >= 0.6 is 38.5 Å². The second-order valence-electron chi connectivity index (χ2n) is 3.98. The van der Waals surface area contributed by atoms with E-state index in [1.165, 1.54) is 12.1 Å². The fourth-order valence-electron chi connectivity index (χ4n) is 1.76. The fraction of sp³-hybridized carbons (Fsp3) is 0.143. The van der Waals surface area contributed by atoms with E-state index in [1.807, 2.05) is 24.3 Å². The Morgan fingerprint density at radius 2 is 1.94 bits per heavy atom. The maximum atomic E-state index is 13.2. The van der Waals surface area contributed by atoms with Gasteiger partial charge in [0.2, 0.25) is 0 Å². The van der Waals surface area contributed by atoms with Crippen LogP contribution in [0.3, 0.4) is 0 Å². The van der Waals surface area contributed by atoms with Gasteiger partial charge in [0, 0.05) is 14.5 Å². The van der Waals surface area contributed by atoms with Gasteiger partial charge in [0.05, 0.1) is 6.10 Å². The van der Waals surface area contributed by atoms with Gasteiger partial charge >= 0.3 is 0 Å². The molecule has 2 rings (SSSR count). The van der Waals surface area contributed by atoms with Crippen LogP contribution in [0.25, 0.3) is 0 Å². The van der Waals surface area contributed by atoms with Gasteiger partial charge in [-0.15, -0.1) is 0 Å². The third-order valence-electron chi connectivity index (χ3n) is 2.69. The topological polar surface area (TPSA) is 20.2 Å². The van der Waals surface area contributed by atoms with Crippen molar-refractivity contribution in [1.29, 1.82) is 0 Å². The van der Waals surface area contributed by atoms with Gasteiger partial charge in [-0.1, -0.05) is 34.1 Å². The van der Waals surface area contributed by atoms with Crippen molar-refractivity contribution in [2.24, 2.45) is 0 Å². The molecule has 1 unspecified atom stereocenters. The van der Waals surface area contributed by atoms with Crippen LogP contribution in [0.1, 0.15) is 17.2 Å². The van der Waals surface area contributed by atoms with E-state index < -0.39 is 6.10 Å². The minimum Gasteiger partial charge on any atom is -0.388 e. The first-order chi connectivity index (χ1) is 8.58. The smallest absolute Gasteiger partial charge is 0.123 e. The third kappa shape index (κ3) is 3.30. The van der Waals surface area contributed by atoms with E-state index in [0.29, 0.717) is 6.42 Å². The second kappa shape index (κ2) is 6.12. The van der Waals surface area contributed by atoms with Crippen LogP contribution in [0.15, 0.2) is 46.9 Å². The number of aliphatic hydroxyl groups is 1. The molecule has 1 atom stereocenters. The average Bonchev–Trinajstić information content (AvgIpc) is 2.34. The highest BCUT2D eigenvalue weighted by Crippen LogP contribution is 2.27. The van der Waals surface area contributed by atoms with Gasteiger partial charge in [-0.25, -0.2) is 4.39 Å². The Kier molecular flexibility index (Phi) is 4.75. The van der Waals surface area contributed by atoms with Crippen molar-refractivity contribution >= 4 is 38.5 Å². The van der Waals surface area contributed by atoms with E-state index in [9.17, 15) is 9.50 Å². The standard InChI is InChI=1S/C14H11BrFIO/c15-12-6-5-10(16)7-9(12)8-14(18)11-3-1-2-4-13(11)17/h1-7,14,18H,8H2. The maximum absolute atomic E-state index is 13.2. The molecule has 0 radical (unpaired) electrons. The van der Waals surface area contributed by atoms with E-state index in [2.05, 4.69) is 38.5 Å². The molecule has 2 aromatic carbocycles. The minimum absolute atomic E-state index is 0.289. The van der Waals surface area contributed by atoms with Crippen LogP contribution < -0.4 is 0 Å². The largest absolute Gasteiger partial charge is 0.388 e. The fourth-order valence-corrected chi connectivity index (χ4v) is 2.92. The van der Waals surface area contributed by atoms with Gasteiger partial charge in [0.15, 0.2) is 0 Å². The van der Waals surface area contributed by atoms with Crippen LogP contribution in [0.5, 0.6) is 0 Å². The summed E-state index contributed by atoms with van der Waals surface area (Å²) in [5.41, 5.74) is 1.64. The van der Waals surface area contributed by atoms with Gasteiger partial charge < -0.3 is 5.11 Å². The van der Waals surface area contributed by atoms with E-state index >= 15 is 0 Å². The van der Waals surface area contributed by atoms with Crippen molar-refractivity contribution in [3.05, 3.63) is 67.5 Å². The number of aliphatic hydroxyl groups excluding tert-OH is 1. The lowest BCUT2D eigenvalue weighted by molar-refractivity contribution is 0.177. The molecule has 0 aromatic heterocycles. The molecule has 0 aliphatic rings. The molecule has 1 nitrogen and oxygen atoms in total. The lowest BCUT2D eigenvalue weighted by atomic mass is 10.0. The van der Waals surface area contributed by atoms with Crippen molar-refractivity contribution in [3.63, 3.8) is 0 Å².